The summed E-state index contributed by atoms with van der Waals surface area (Å²) in [6.45, 7) is 4.36. The van der Waals surface area contributed by atoms with Crippen molar-refractivity contribution in [3.63, 3.8) is 0 Å². The van der Waals surface area contributed by atoms with Crippen LogP contribution >= 0.6 is 0 Å². The highest BCUT2D eigenvalue weighted by Crippen LogP contribution is 2.37. The van der Waals surface area contributed by atoms with Gasteiger partial charge >= 0.3 is 0 Å². The van der Waals surface area contributed by atoms with Gasteiger partial charge in [0.2, 0.25) is 0 Å². The fourth-order valence-electron chi connectivity index (χ4n) is 3.66. The van der Waals surface area contributed by atoms with Gasteiger partial charge in [0.1, 0.15) is 0 Å². The van der Waals surface area contributed by atoms with Crippen molar-refractivity contribution in [1.29, 1.82) is 0 Å². The van der Waals surface area contributed by atoms with Crippen LogP contribution in [0, 0.1) is 12.8 Å². The van der Waals surface area contributed by atoms with E-state index in [-0.39, 0.29) is 5.91 Å². The number of carbonyl (C=O) groups excluding carboxylic acids is 1. The third kappa shape index (κ3) is 3.30. The average molecular weight is 285 g/mol. The second kappa shape index (κ2) is 6.21. The van der Waals surface area contributed by atoms with Gasteiger partial charge in [-0.3, -0.25) is 4.79 Å². The highest BCUT2D eigenvalue weighted by molar-refractivity contribution is 5.94. The van der Waals surface area contributed by atoms with Crippen LogP contribution in [0.3, 0.4) is 0 Å². The molecular weight excluding hydrogens is 258 g/mol. The van der Waals surface area contributed by atoms with Crippen molar-refractivity contribution in [3.8, 4) is 0 Å². The summed E-state index contributed by atoms with van der Waals surface area (Å²) < 4.78 is 0. The zero-order valence-corrected chi connectivity index (χ0v) is 13.3. The highest BCUT2D eigenvalue weighted by Gasteiger charge is 2.38. The van der Waals surface area contributed by atoms with E-state index in [4.69, 9.17) is 0 Å². The molecule has 21 heavy (non-hydrogen) atoms. The van der Waals surface area contributed by atoms with Crippen molar-refractivity contribution in [3.05, 3.63) is 35.4 Å². The van der Waals surface area contributed by atoms with E-state index in [0.29, 0.717) is 12.1 Å². The van der Waals surface area contributed by atoms with Gasteiger partial charge in [-0.05, 0) is 63.5 Å². The van der Waals surface area contributed by atoms with Gasteiger partial charge in [0.05, 0.1) is 0 Å². The topological polar surface area (TPSA) is 20.3 Å². The molecule has 0 atom stereocenters. The standard InChI is InChI=1S/C19H27NO/c1-3-15-6-10-17(11-7-15)20(18-12-13-18)19(21)16-8-4-14(2)5-9-16/h4-5,8-9,15,17-18H,3,6-7,10-13H2,1-2H3. The number of aryl methyl sites for hydroxylation is 1. The van der Waals surface area contributed by atoms with Crippen molar-refractivity contribution in [1.82, 2.24) is 4.90 Å². The Hall–Kier alpha value is -1.31. The summed E-state index contributed by atoms with van der Waals surface area (Å²) in [6, 6.07) is 9.07. The van der Waals surface area contributed by atoms with Crippen LogP contribution in [0.4, 0.5) is 0 Å². The third-order valence-corrected chi connectivity index (χ3v) is 5.26. The first-order chi connectivity index (χ1) is 10.2. The summed E-state index contributed by atoms with van der Waals surface area (Å²) in [6.07, 6.45) is 8.69. The molecule has 0 aliphatic heterocycles. The molecule has 2 fully saturated rings. The molecule has 0 aromatic heterocycles. The molecule has 0 radical (unpaired) electrons. The maximum atomic E-state index is 12.9. The Bertz CT molecular complexity index is 481. The Morgan fingerprint density at radius 2 is 1.52 bits per heavy atom. The average Bonchev–Trinajstić information content (AvgIpc) is 3.33. The summed E-state index contributed by atoms with van der Waals surface area (Å²) in [5.41, 5.74) is 2.08. The van der Waals surface area contributed by atoms with Gasteiger partial charge in [0.25, 0.3) is 5.91 Å². The number of amides is 1. The van der Waals surface area contributed by atoms with E-state index in [0.717, 1.165) is 11.5 Å². The molecule has 2 nitrogen and oxygen atoms in total. The zero-order chi connectivity index (χ0) is 14.8. The molecule has 2 heteroatoms. The number of rotatable bonds is 4. The predicted molar refractivity (Wildman–Crippen MR) is 86.4 cm³/mol. The fraction of sp³-hybridized carbons (Fsp3) is 0.632. The lowest BCUT2D eigenvalue weighted by Crippen LogP contribution is -2.43. The smallest absolute Gasteiger partial charge is 0.254 e. The molecule has 2 aliphatic rings. The Morgan fingerprint density at radius 3 is 2.00 bits per heavy atom. The molecule has 3 rings (SSSR count). The number of benzene rings is 1. The van der Waals surface area contributed by atoms with Gasteiger partial charge in [-0.1, -0.05) is 31.0 Å². The summed E-state index contributed by atoms with van der Waals surface area (Å²) in [5, 5.41) is 0. The molecule has 0 N–H and O–H groups in total. The third-order valence-electron chi connectivity index (χ3n) is 5.26. The maximum absolute atomic E-state index is 12.9. The van der Waals surface area contributed by atoms with Crippen LogP contribution in [0.1, 0.15) is 67.8 Å². The first-order valence-electron chi connectivity index (χ1n) is 8.58. The van der Waals surface area contributed by atoms with E-state index in [1.54, 1.807) is 0 Å². The van der Waals surface area contributed by atoms with E-state index in [1.165, 1.54) is 50.5 Å². The molecule has 0 spiro atoms. The van der Waals surface area contributed by atoms with Crippen molar-refractivity contribution in [2.75, 3.05) is 0 Å². The Balaban J connectivity index is 1.72. The summed E-state index contributed by atoms with van der Waals surface area (Å²) in [4.78, 5) is 15.1. The van der Waals surface area contributed by atoms with Crippen LogP contribution < -0.4 is 0 Å². The van der Waals surface area contributed by atoms with Crippen LogP contribution in [0.25, 0.3) is 0 Å². The Morgan fingerprint density at radius 1 is 1.00 bits per heavy atom. The molecule has 0 bridgehead atoms. The second-order valence-corrected chi connectivity index (χ2v) is 6.89. The number of hydrogen-bond acceptors (Lipinski definition) is 1. The van der Waals surface area contributed by atoms with Crippen molar-refractivity contribution >= 4 is 5.91 Å². The highest BCUT2D eigenvalue weighted by atomic mass is 16.2. The second-order valence-electron chi connectivity index (χ2n) is 6.89. The van der Waals surface area contributed by atoms with Gasteiger partial charge in [0, 0.05) is 17.6 Å². The van der Waals surface area contributed by atoms with E-state index in [9.17, 15) is 4.79 Å². The van der Waals surface area contributed by atoms with Crippen molar-refractivity contribution < 1.29 is 4.79 Å². The molecule has 1 aromatic rings. The van der Waals surface area contributed by atoms with Crippen LogP contribution in [0.2, 0.25) is 0 Å². The molecule has 1 amide bonds. The van der Waals surface area contributed by atoms with Crippen LogP contribution in [-0.2, 0) is 0 Å². The van der Waals surface area contributed by atoms with Gasteiger partial charge in [-0.2, -0.15) is 0 Å². The van der Waals surface area contributed by atoms with Crippen LogP contribution in [-0.4, -0.2) is 22.9 Å². The first-order valence-corrected chi connectivity index (χ1v) is 8.58. The molecule has 1 aromatic carbocycles. The summed E-state index contributed by atoms with van der Waals surface area (Å²) in [7, 11) is 0. The predicted octanol–water partition coefficient (Wildman–Crippen LogP) is 4.57. The van der Waals surface area contributed by atoms with E-state index >= 15 is 0 Å². The Kier molecular flexibility index (Phi) is 4.32. The molecule has 0 heterocycles. The monoisotopic (exact) mass is 285 g/mol. The molecule has 114 valence electrons. The zero-order valence-electron chi connectivity index (χ0n) is 13.3. The number of hydrogen-bond donors (Lipinski definition) is 0. The summed E-state index contributed by atoms with van der Waals surface area (Å²) in [5.74, 6) is 1.15. The molecule has 0 saturated heterocycles. The largest absolute Gasteiger partial charge is 0.333 e. The minimum Gasteiger partial charge on any atom is -0.333 e. The molecule has 0 unspecified atom stereocenters. The van der Waals surface area contributed by atoms with Gasteiger partial charge < -0.3 is 4.90 Å². The van der Waals surface area contributed by atoms with Crippen molar-refractivity contribution in [2.45, 2.75) is 70.9 Å². The lowest BCUT2D eigenvalue weighted by Gasteiger charge is -2.37. The lowest BCUT2D eigenvalue weighted by molar-refractivity contribution is 0.0587. The lowest BCUT2D eigenvalue weighted by atomic mass is 9.83. The van der Waals surface area contributed by atoms with Crippen LogP contribution in [0.5, 0.6) is 0 Å². The SMILES string of the molecule is CCC1CCC(N(C(=O)c2ccc(C)cc2)C2CC2)CC1. The van der Waals surface area contributed by atoms with E-state index in [1.807, 2.05) is 24.3 Å². The summed E-state index contributed by atoms with van der Waals surface area (Å²) >= 11 is 0. The van der Waals surface area contributed by atoms with Gasteiger partial charge in [-0.25, -0.2) is 0 Å². The molecular formula is C19H27NO. The molecule has 2 saturated carbocycles. The first kappa shape index (κ1) is 14.6. The Labute approximate surface area is 128 Å². The minimum absolute atomic E-state index is 0.262. The van der Waals surface area contributed by atoms with Gasteiger partial charge in [0.15, 0.2) is 0 Å². The van der Waals surface area contributed by atoms with E-state index < -0.39 is 0 Å². The van der Waals surface area contributed by atoms with Gasteiger partial charge in [-0.15, -0.1) is 0 Å². The molecule has 2 aliphatic carbocycles. The normalized spacial score (nSPS) is 25.6. The van der Waals surface area contributed by atoms with Crippen LogP contribution in [0.15, 0.2) is 24.3 Å². The fourth-order valence-corrected chi connectivity index (χ4v) is 3.66. The maximum Gasteiger partial charge on any atom is 0.254 e. The van der Waals surface area contributed by atoms with Crippen molar-refractivity contribution in [2.24, 2.45) is 5.92 Å². The minimum atomic E-state index is 0.262. The number of carbonyl (C=O) groups is 1. The quantitative estimate of drug-likeness (QED) is 0.793. The number of nitrogens with zero attached hydrogens (tertiary/aromatic N) is 1. The van der Waals surface area contributed by atoms with E-state index in [2.05, 4.69) is 18.7 Å².